The number of aryl methyl sites for hydroxylation is 1. The fraction of sp³-hybridized carbons (Fsp3) is 0.269. The highest BCUT2D eigenvalue weighted by atomic mass is 19.1. The fourth-order valence-corrected chi connectivity index (χ4v) is 3.95. The van der Waals surface area contributed by atoms with Crippen LogP contribution in [0.3, 0.4) is 0 Å². The van der Waals surface area contributed by atoms with Crippen LogP contribution in [-0.2, 0) is 24.4 Å². The number of hydrogen-bond acceptors (Lipinski definition) is 4. The highest BCUT2D eigenvalue weighted by Crippen LogP contribution is 2.33. The third-order valence-corrected chi connectivity index (χ3v) is 5.95. The molecule has 5 rings (SSSR count). The number of nitrogens with one attached hydrogen (secondary N) is 2. The van der Waals surface area contributed by atoms with Crippen molar-refractivity contribution in [2.24, 2.45) is 0 Å². The van der Waals surface area contributed by atoms with Crippen molar-refractivity contribution in [1.29, 1.82) is 0 Å². The van der Waals surface area contributed by atoms with Gasteiger partial charge in [0.25, 0.3) is 0 Å². The monoisotopic (exact) mass is 460 g/mol. The van der Waals surface area contributed by atoms with Crippen LogP contribution >= 0.6 is 0 Å². The van der Waals surface area contributed by atoms with Crippen LogP contribution in [-0.4, -0.2) is 23.0 Å². The van der Waals surface area contributed by atoms with Gasteiger partial charge >= 0.3 is 6.03 Å². The number of ether oxygens (including phenoxy) is 1. The minimum absolute atomic E-state index is 0.00726. The number of rotatable bonds is 8. The van der Waals surface area contributed by atoms with Crippen LogP contribution in [0.15, 0.2) is 60.8 Å². The first kappa shape index (κ1) is 21.9. The quantitative estimate of drug-likeness (QED) is 0.516. The normalized spacial score (nSPS) is 14.9. The van der Waals surface area contributed by atoms with Crippen molar-refractivity contribution in [3.8, 4) is 5.75 Å². The molecule has 0 spiro atoms. The molecule has 3 aromatic rings. The average Bonchev–Trinajstić information content (AvgIpc) is 3.66. The van der Waals surface area contributed by atoms with Crippen molar-refractivity contribution in [2.75, 3.05) is 10.2 Å². The number of aromatic nitrogens is 1. The van der Waals surface area contributed by atoms with E-state index in [1.54, 1.807) is 17.0 Å². The van der Waals surface area contributed by atoms with Gasteiger partial charge in [-0.15, -0.1) is 0 Å². The summed E-state index contributed by atoms with van der Waals surface area (Å²) in [5.74, 6) is 0.0544. The van der Waals surface area contributed by atoms with Gasteiger partial charge in [-0.3, -0.25) is 14.7 Å². The molecule has 1 fully saturated rings. The predicted octanol–water partition coefficient (Wildman–Crippen LogP) is 4.56. The van der Waals surface area contributed by atoms with Gasteiger partial charge in [-0.2, -0.15) is 0 Å². The summed E-state index contributed by atoms with van der Waals surface area (Å²) in [5.41, 5.74) is 3.49. The molecule has 7 nitrogen and oxygen atoms in total. The molecule has 2 aliphatic rings. The standard InChI is InChI=1S/C26H25FN4O3/c27-21-5-3-13-28-23(21)16-34-20-11-7-17(8-12-25(32)29-19-9-10-19)24(14-20)31-15-18-4-1-2-6-22(18)30-26(31)33/h1-7,11,13-14,19H,8-10,12,15-16H2,(H,29,32)(H,30,33). The molecule has 0 bridgehead atoms. The largest absolute Gasteiger partial charge is 0.487 e. The smallest absolute Gasteiger partial charge is 0.326 e. The first-order valence-corrected chi connectivity index (χ1v) is 11.4. The first-order valence-electron chi connectivity index (χ1n) is 11.4. The number of hydrogen-bond donors (Lipinski definition) is 2. The molecule has 0 radical (unpaired) electrons. The number of benzene rings is 2. The summed E-state index contributed by atoms with van der Waals surface area (Å²) in [6.45, 7) is 0.353. The molecule has 1 aliphatic heterocycles. The van der Waals surface area contributed by atoms with E-state index in [1.165, 1.54) is 18.3 Å². The number of para-hydroxylation sites is 1. The Kier molecular flexibility index (Phi) is 6.12. The van der Waals surface area contributed by atoms with E-state index in [9.17, 15) is 14.0 Å². The van der Waals surface area contributed by atoms with Crippen molar-refractivity contribution < 1.29 is 18.7 Å². The Morgan fingerprint density at radius 3 is 2.85 bits per heavy atom. The Morgan fingerprint density at radius 2 is 2.03 bits per heavy atom. The van der Waals surface area contributed by atoms with E-state index >= 15 is 0 Å². The summed E-state index contributed by atoms with van der Waals surface area (Å²) in [6, 6.07) is 16.0. The lowest BCUT2D eigenvalue weighted by atomic mass is 10.0. The molecule has 0 atom stereocenters. The molecule has 2 N–H and O–H groups in total. The lowest BCUT2D eigenvalue weighted by Gasteiger charge is -2.31. The van der Waals surface area contributed by atoms with Gasteiger partial charge in [0.15, 0.2) is 0 Å². The van der Waals surface area contributed by atoms with Gasteiger partial charge in [0.1, 0.15) is 23.9 Å². The number of amides is 3. The topological polar surface area (TPSA) is 83.6 Å². The van der Waals surface area contributed by atoms with Gasteiger partial charge < -0.3 is 15.4 Å². The fourth-order valence-electron chi connectivity index (χ4n) is 3.95. The van der Waals surface area contributed by atoms with Crippen LogP contribution in [0.25, 0.3) is 0 Å². The molecule has 174 valence electrons. The lowest BCUT2D eigenvalue weighted by molar-refractivity contribution is -0.121. The maximum Gasteiger partial charge on any atom is 0.326 e. The summed E-state index contributed by atoms with van der Waals surface area (Å²) in [4.78, 5) is 30.9. The van der Waals surface area contributed by atoms with Crippen LogP contribution in [0.4, 0.5) is 20.6 Å². The second kappa shape index (κ2) is 9.51. The van der Waals surface area contributed by atoms with E-state index in [0.717, 1.165) is 29.7 Å². The van der Waals surface area contributed by atoms with Gasteiger partial charge in [0.2, 0.25) is 5.91 Å². The molecule has 1 aromatic heterocycles. The van der Waals surface area contributed by atoms with E-state index in [2.05, 4.69) is 15.6 Å². The summed E-state index contributed by atoms with van der Waals surface area (Å²) < 4.78 is 19.8. The van der Waals surface area contributed by atoms with Crippen LogP contribution in [0.1, 0.15) is 36.1 Å². The molecule has 34 heavy (non-hydrogen) atoms. The number of pyridine rings is 1. The molecule has 2 aromatic carbocycles. The zero-order chi connectivity index (χ0) is 23.5. The number of carbonyl (C=O) groups is 2. The zero-order valence-electron chi connectivity index (χ0n) is 18.6. The lowest BCUT2D eigenvalue weighted by Crippen LogP contribution is -2.39. The molecule has 0 saturated heterocycles. The average molecular weight is 461 g/mol. The van der Waals surface area contributed by atoms with Gasteiger partial charge in [-0.1, -0.05) is 24.3 Å². The molecule has 2 heterocycles. The Morgan fingerprint density at radius 1 is 1.18 bits per heavy atom. The van der Waals surface area contributed by atoms with E-state index < -0.39 is 5.82 Å². The third kappa shape index (κ3) is 5.01. The molecule has 3 amide bonds. The molecule has 8 heteroatoms. The second-order valence-corrected chi connectivity index (χ2v) is 8.53. The van der Waals surface area contributed by atoms with Gasteiger partial charge in [-0.25, -0.2) is 9.18 Å². The SMILES string of the molecule is O=C(CCc1ccc(OCc2ncccc2F)cc1N1Cc2ccccc2NC1=O)NC1CC1. The van der Waals surface area contributed by atoms with Crippen molar-refractivity contribution in [3.05, 3.63) is 83.4 Å². The molecular formula is C26H25FN4O3. The molecule has 1 aliphatic carbocycles. The highest BCUT2D eigenvalue weighted by Gasteiger charge is 2.27. The van der Waals surface area contributed by atoms with Crippen molar-refractivity contribution in [2.45, 2.75) is 44.9 Å². The third-order valence-electron chi connectivity index (χ3n) is 5.95. The van der Waals surface area contributed by atoms with Crippen molar-refractivity contribution in [3.63, 3.8) is 0 Å². The number of nitrogens with zero attached hydrogens (tertiary/aromatic N) is 2. The number of anilines is 2. The summed E-state index contributed by atoms with van der Waals surface area (Å²) in [7, 11) is 0. The van der Waals surface area contributed by atoms with E-state index in [-0.39, 0.29) is 24.2 Å². The van der Waals surface area contributed by atoms with Crippen LogP contribution in [0.5, 0.6) is 5.75 Å². The van der Waals surface area contributed by atoms with E-state index in [0.29, 0.717) is 36.9 Å². The summed E-state index contributed by atoms with van der Waals surface area (Å²) >= 11 is 0. The van der Waals surface area contributed by atoms with Crippen LogP contribution in [0.2, 0.25) is 0 Å². The molecular weight excluding hydrogens is 435 g/mol. The number of halogens is 1. The Bertz CT molecular complexity index is 1230. The number of fused-ring (bicyclic) bond motifs is 1. The van der Waals surface area contributed by atoms with Gasteiger partial charge in [0, 0.05) is 30.4 Å². The highest BCUT2D eigenvalue weighted by molar-refractivity contribution is 6.04. The zero-order valence-corrected chi connectivity index (χ0v) is 18.6. The van der Waals surface area contributed by atoms with Crippen LogP contribution in [0, 0.1) is 5.82 Å². The number of urea groups is 1. The van der Waals surface area contributed by atoms with Gasteiger partial charge in [-0.05, 0) is 54.7 Å². The second-order valence-electron chi connectivity index (χ2n) is 8.53. The number of carbonyl (C=O) groups excluding carboxylic acids is 2. The Hall–Kier alpha value is -3.94. The van der Waals surface area contributed by atoms with Crippen LogP contribution < -0.4 is 20.3 Å². The van der Waals surface area contributed by atoms with Gasteiger partial charge in [0.05, 0.1) is 12.2 Å². The minimum Gasteiger partial charge on any atom is -0.487 e. The summed E-state index contributed by atoms with van der Waals surface area (Å²) in [5, 5.41) is 5.93. The summed E-state index contributed by atoms with van der Waals surface area (Å²) in [6.07, 6.45) is 4.39. The molecule has 0 unspecified atom stereocenters. The van der Waals surface area contributed by atoms with E-state index in [1.807, 2.05) is 30.3 Å². The Labute approximate surface area is 196 Å². The molecule has 1 saturated carbocycles. The van der Waals surface area contributed by atoms with E-state index in [4.69, 9.17) is 4.74 Å². The minimum atomic E-state index is -0.437. The first-order chi connectivity index (χ1) is 16.6. The predicted molar refractivity (Wildman–Crippen MR) is 126 cm³/mol. The van der Waals surface area contributed by atoms with Crippen molar-refractivity contribution >= 4 is 23.3 Å². The maximum absolute atomic E-state index is 13.9. The Balaban J connectivity index is 1.39. The van der Waals surface area contributed by atoms with Crippen molar-refractivity contribution in [1.82, 2.24) is 10.3 Å². The maximum atomic E-state index is 13.9.